The summed E-state index contributed by atoms with van der Waals surface area (Å²) in [5, 5.41) is 5.98. The first-order valence-corrected chi connectivity index (χ1v) is 10.4. The number of methoxy groups -OCH3 is 1. The molecule has 0 unspecified atom stereocenters. The van der Waals surface area contributed by atoms with Crippen LogP contribution in [-0.2, 0) is 4.79 Å². The number of rotatable bonds is 6. The molecule has 3 aromatic rings. The van der Waals surface area contributed by atoms with Crippen LogP contribution in [0, 0.1) is 5.92 Å². The smallest absolute Gasteiger partial charge is 0.227 e. The van der Waals surface area contributed by atoms with Crippen molar-refractivity contribution in [3.05, 3.63) is 40.9 Å². The number of aromatic nitrogens is 1. The Kier molecular flexibility index (Phi) is 6.87. The lowest BCUT2D eigenvalue weighted by Crippen LogP contribution is -2.34. The molecule has 152 valence electrons. The second kappa shape index (κ2) is 9.37. The molecule has 0 saturated carbocycles. The van der Waals surface area contributed by atoms with Gasteiger partial charge in [0.05, 0.1) is 11.6 Å². The maximum Gasteiger partial charge on any atom is 0.227 e. The highest BCUT2D eigenvalue weighted by atomic mass is 79.9. The number of ether oxygens (including phenoxy) is 1. The van der Waals surface area contributed by atoms with Crippen LogP contribution in [-0.4, -0.2) is 23.1 Å². The van der Waals surface area contributed by atoms with Crippen LogP contribution in [0.4, 0.5) is 5.69 Å². The molecule has 0 fully saturated rings. The maximum absolute atomic E-state index is 11.9. The first-order valence-electron chi connectivity index (χ1n) is 9.21. The Balaban J connectivity index is 1.71. The van der Waals surface area contributed by atoms with Crippen LogP contribution in [0.25, 0.3) is 22.6 Å². The monoisotopic (exact) mass is 475 g/mol. The molecule has 1 amide bonds. The van der Waals surface area contributed by atoms with E-state index in [1.54, 1.807) is 7.11 Å². The zero-order valence-electron chi connectivity index (χ0n) is 16.4. The van der Waals surface area contributed by atoms with Gasteiger partial charge in [-0.1, -0.05) is 13.8 Å². The fourth-order valence-corrected chi connectivity index (χ4v) is 3.47. The van der Waals surface area contributed by atoms with Gasteiger partial charge in [0.15, 0.2) is 10.7 Å². The molecule has 8 heteroatoms. The Bertz CT molecular complexity index is 1050. The van der Waals surface area contributed by atoms with Crippen LogP contribution in [0.15, 0.2) is 45.3 Å². The molecule has 0 radical (unpaired) electrons. The van der Waals surface area contributed by atoms with Crippen LogP contribution >= 0.6 is 28.1 Å². The van der Waals surface area contributed by atoms with Gasteiger partial charge in [-0.15, -0.1) is 0 Å². The molecule has 2 aromatic carbocycles. The molecule has 0 aliphatic heterocycles. The number of carbonyl (C=O) groups excluding carboxylic acids is 1. The minimum absolute atomic E-state index is 0.0916. The lowest BCUT2D eigenvalue weighted by molar-refractivity contribution is -0.119. The predicted molar refractivity (Wildman–Crippen MR) is 122 cm³/mol. The van der Waals surface area contributed by atoms with E-state index >= 15 is 0 Å². The number of hydrogen-bond acceptors (Lipinski definition) is 5. The van der Waals surface area contributed by atoms with Crippen LogP contribution in [0.1, 0.15) is 26.7 Å². The number of hydrogen-bond donors (Lipinski definition) is 2. The fraction of sp³-hybridized carbons (Fsp3) is 0.286. The summed E-state index contributed by atoms with van der Waals surface area (Å²) in [6.45, 7) is 4.16. The SMILES string of the molecule is COc1ccc(-c2nc3cc(NC(=S)NC(=O)CCC(C)C)ccc3o2)cc1Br. The third kappa shape index (κ3) is 5.55. The van der Waals surface area contributed by atoms with Gasteiger partial charge in [-0.05, 0) is 76.9 Å². The summed E-state index contributed by atoms with van der Waals surface area (Å²) in [5.41, 5.74) is 2.90. The summed E-state index contributed by atoms with van der Waals surface area (Å²) < 4.78 is 11.9. The summed E-state index contributed by atoms with van der Waals surface area (Å²) >= 11 is 8.70. The van der Waals surface area contributed by atoms with Gasteiger partial charge in [-0.25, -0.2) is 4.98 Å². The average molecular weight is 476 g/mol. The van der Waals surface area contributed by atoms with Crippen molar-refractivity contribution >= 4 is 56.0 Å². The molecule has 3 rings (SSSR count). The quantitative estimate of drug-likeness (QED) is 0.457. The molecule has 2 N–H and O–H groups in total. The Hall–Kier alpha value is -2.45. The van der Waals surface area contributed by atoms with E-state index in [1.807, 2.05) is 36.4 Å². The van der Waals surface area contributed by atoms with Gasteiger partial charge in [0.25, 0.3) is 0 Å². The van der Waals surface area contributed by atoms with Crippen molar-refractivity contribution in [2.75, 3.05) is 12.4 Å². The summed E-state index contributed by atoms with van der Waals surface area (Å²) in [6.07, 6.45) is 1.27. The molecule has 29 heavy (non-hydrogen) atoms. The van der Waals surface area contributed by atoms with Gasteiger partial charge in [0, 0.05) is 17.7 Å². The highest BCUT2D eigenvalue weighted by molar-refractivity contribution is 9.10. The molecular weight excluding hydrogens is 454 g/mol. The van der Waals surface area contributed by atoms with Crippen molar-refractivity contribution in [3.8, 4) is 17.2 Å². The van der Waals surface area contributed by atoms with Crippen LogP contribution in [0.3, 0.4) is 0 Å². The van der Waals surface area contributed by atoms with Crippen molar-refractivity contribution in [2.45, 2.75) is 26.7 Å². The summed E-state index contributed by atoms with van der Waals surface area (Å²) in [5.74, 6) is 1.62. The highest BCUT2D eigenvalue weighted by Gasteiger charge is 2.12. The van der Waals surface area contributed by atoms with Crippen molar-refractivity contribution in [1.29, 1.82) is 0 Å². The van der Waals surface area contributed by atoms with Crippen LogP contribution < -0.4 is 15.4 Å². The standard InChI is InChI=1S/C21H22BrN3O3S/c1-12(2)4-9-19(26)25-21(29)23-14-6-8-18-16(11-14)24-20(28-18)13-5-7-17(27-3)15(22)10-13/h5-8,10-12H,4,9H2,1-3H3,(H2,23,25,26,29). The highest BCUT2D eigenvalue weighted by Crippen LogP contribution is 2.32. The second-order valence-electron chi connectivity index (χ2n) is 6.99. The van der Waals surface area contributed by atoms with E-state index in [-0.39, 0.29) is 11.0 Å². The number of nitrogens with zero attached hydrogens (tertiary/aromatic N) is 1. The van der Waals surface area contributed by atoms with E-state index in [9.17, 15) is 4.79 Å². The fourth-order valence-electron chi connectivity index (χ4n) is 2.70. The summed E-state index contributed by atoms with van der Waals surface area (Å²) in [4.78, 5) is 16.5. The van der Waals surface area contributed by atoms with Crippen LogP contribution in [0.2, 0.25) is 0 Å². The molecule has 0 saturated heterocycles. The number of halogens is 1. The van der Waals surface area contributed by atoms with E-state index in [0.717, 1.165) is 27.9 Å². The zero-order chi connectivity index (χ0) is 21.0. The van der Waals surface area contributed by atoms with Gasteiger partial charge in [0.1, 0.15) is 11.3 Å². The Labute approximate surface area is 183 Å². The Morgan fingerprint density at radius 3 is 2.76 bits per heavy atom. The number of fused-ring (bicyclic) bond motifs is 1. The van der Waals surface area contributed by atoms with Gasteiger partial charge in [-0.2, -0.15) is 0 Å². The number of amides is 1. The van der Waals surface area contributed by atoms with Gasteiger partial charge < -0.3 is 19.8 Å². The minimum atomic E-state index is -0.0916. The van der Waals surface area contributed by atoms with E-state index in [1.165, 1.54) is 0 Å². The van der Waals surface area contributed by atoms with Crippen molar-refractivity contribution in [1.82, 2.24) is 10.3 Å². The van der Waals surface area contributed by atoms with Crippen LogP contribution in [0.5, 0.6) is 5.75 Å². The third-order valence-electron chi connectivity index (χ3n) is 4.25. The minimum Gasteiger partial charge on any atom is -0.496 e. The molecule has 1 aromatic heterocycles. The number of anilines is 1. The predicted octanol–water partition coefficient (Wildman–Crippen LogP) is 5.52. The normalized spacial score (nSPS) is 10.9. The molecule has 1 heterocycles. The van der Waals surface area contributed by atoms with E-state index < -0.39 is 0 Å². The van der Waals surface area contributed by atoms with E-state index in [0.29, 0.717) is 29.3 Å². The molecule has 0 aliphatic rings. The lowest BCUT2D eigenvalue weighted by Gasteiger charge is -2.10. The molecule has 0 spiro atoms. The van der Waals surface area contributed by atoms with Crippen molar-refractivity contribution in [3.63, 3.8) is 0 Å². The first kappa shape index (κ1) is 21.3. The maximum atomic E-state index is 11.9. The van der Waals surface area contributed by atoms with Gasteiger partial charge >= 0.3 is 0 Å². The zero-order valence-corrected chi connectivity index (χ0v) is 18.8. The lowest BCUT2D eigenvalue weighted by atomic mass is 10.1. The molecule has 0 bridgehead atoms. The molecular formula is C21H22BrN3O3S. The second-order valence-corrected chi connectivity index (χ2v) is 8.25. The van der Waals surface area contributed by atoms with Crippen molar-refractivity contribution < 1.29 is 13.9 Å². The number of benzene rings is 2. The Morgan fingerprint density at radius 2 is 2.07 bits per heavy atom. The summed E-state index contributed by atoms with van der Waals surface area (Å²) in [7, 11) is 1.62. The average Bonchev–Trinajstić information content (AvgIpc) is 3.09. The molecule has 0 atom stereocenters. The number of carbonyl (C=O) groups is 1. The largest absolute Gasteiger partial charge is 0.496 e. The number of nitrogens with one attached hydrogen (secondary N) is 2. The van der Waals surface area contributed by atoms with Crippen molar-refractivity contribution in [2.24, 2.45) is 5.92 Å². The summed E-state index contributed by atoms with van der Waals surface area (Å²) in [6, 6.07) is 11.1. The van der Waals surface area contributed by atoms with E-state index in [2.05, 4.69) is 45.4 Å². The van der Waals surface area contributed by atoms with Gasteiger partial charge in [0.2, 0.25) is 11.8 Å². The Morgan fingerprint density at radius 1 is 1.28 bits per heavy atom. The first-order chi connectivity index (χ1) is 13.9. The topological polar surface area (TPSA) is 76.4 Å². The van der Waals surface area contributed by atoms with Gasteiger partial charge in [-0.3, -0.25) is 4.79 Å². The molecule has 6 nitrogen and oxygen atoms in total. The third-order valence-corrected chi connectivity index (χ3v) is 5.07. The number of oxazole rings is 1. The molecule has 0 aliphatic carbocycles. The number of thiocarbonyl (C=S) groups is 1. The van der Waals surface area contributed by atoms with E-state index in [4.69, 9.17) is 21.4 Å².